The maximum Gasteiger partial charge on any atom is 0.180 e. The van der Waals surface area contributed by atoms with Gasteiger partial charge >= 0.3 is 0 Å². The van der Waals surface area contributed by atoms with Gasteiger partial charge in [-0.3, -0.25) is 4.79 Å². The van der Waals surface area contributed by atoms with Crippen molar-refractivity contribution in [3.05, 3.63) is 22.8 Å². The van der Waals surface area contributed by atoms with Crippen LogP contribution in [0.1, 0.15) is 21.5 Å². The lowest BCUT2D eigenvalue weighted by Crippen LogP contribution is -2.23. The van der Waals surface area contributed by atoms with Crippen molar-refractivity contribution in [3.63, 3.8) is 0 Å². The quantitative estimate of drug-likeness (QED) is 0.806. The van der Waals surface area contributed by atoms with E-state index >= 15 is 0 Å². The van der Waals surface area contributed by atoms with Crippen LogP contribution in [0.3, 0.4) is 0 Å². The highest BCUT2D eigenvalue weighted by molar-refractivity contribution is 6.02. The lowest BCUT2D eigenvalue weighted by Gasteiger charge is -2.23. The van der Waals surface area contributed by atoms with Gasteiger partial charge in [-0.2, -0.15) is 0 Å². The fourth-order valence-corrected chi connectivity index (χ4v) is 1.99. The topological polar surface area (TPSA) is 47.6 Å². The van der Waals surface area contributed by atoms with Gasteiger partial charge in [0.25, 0.3) is 0 Å². The smallest absolute Gasteiger partial charge is 0.180 e. The highest BCUT2D eigenvalue weighted by Gasteiger charge is 2.23. The van der Waals surface area contributed by atoms with Crippen LogP contribution in [-0.2, 0) is 0 Å². The van der Waals surface area contributed by atoms with Gasteiger partial charge < -0.3 is 14.8 Å². The van der Waals surface area contributed by atoms with Crippen molar-refractivity contribution < 1.29 is 14.3 Å². The van der Waals surface area contributed by atoms with E-state index in [2.05, 4.69) is 5.32 Å². The second-order valence-electron chi connectivity index (χ2n) is 4.17. The van der Waals surface area contributed by atoms with E-state index in [4.69, 9.17) is 9.47 Å². The molecule has 0 aliphatic carbocycles. The summed E-state index contributed by atoms with van der Waals surface area (Å²) in [7, 11) is 1.76. The summed E-state index contributed by atoms with van der Waals surface area (Å²) in [6.07, 6.45) is 0. The van der Waals surface area contributed by atoms with E-state index in [0.29, 0.717) is 36.8 Å². The Morgan fingerprint density at radius 3 is 2.76 bits per heavy atom. The Morgan fingerprint density at radius 1 is 1.35 bits per heavy atom. The number of carbonyl (C=O) groups excluding carboxylic acids is 1. The van der Waals surface area contributed by atoms with Gasteiger partial charge in [0.15, 0.2) is 17.3 Å². The molecule has 0 spiro atoms. The Labute approximate surface area is 101 Å². The molecule has 0 fully saturated rings. The second-order valence-corrected chi connectivity index (χ2v) is 4.17. The van der Waals surface area contributed by atoms with Gasteiger partial charge in [0.2, 0.25) is 0 Å². The fraction of sp³-hybridized carbons (Fsp3) is 0.462. The van der Waals surface area contributed by atoms with E-state index in [-0.39, 0.29) is 5.78 Å². The lowest BCUT2D eigenvalue weighted by atomic mass is 9.97. The molecule has 1 aromatic rings. The van der Waals surface area contributed by atoms with Gasteiger partial charge in [0.1, 0.15) is 13.2 Å². The molecule has 4 heteroatoms. The van der Waals surface area contributed by atoms with Crippen molar-refractivity contribution in [2.75, 3.05) is 26.8 Å². The Morgan fingerprint density at radius 2 is 2.06 bits per heavy atom. The van der Waals surface area contributed by atoms with Gasteiger partial charge in [0, 0.05) is 0 Å². The SMILES string of the molecule is CNCC(=O)c1c(C)c(C)cc2c1OCCO2. The molecule has 0 atom stereocenters. The number of ether oxygens (including phenoxy) is 2. The normalized spacial score (nSPS) is 13.6. The summed E-state index contributed by atoms with van der Waals surface area (Å²) in [6, 6.07) is 1.93. The third kappa shape index (κ3) is 2.13. The average molecular weight is 235 g/mol. The van der Waals surface area contributed by atoms with Crippen molar-refractivity contribution >= 4 is 5.78 Å². The number of fused-ring (bicyclic) bond motifs is 1. The zero-order chi connectivity index (χ0) is 12.4. The molecule has 2 rings (SSSR count). The Bertz CT molecular complexity index is 454. The summed E-state index contributed by atoms with van der Waals surface area (Å²) >= 11 is 0. The largest absolute Gasteiger partial charge is 0.486 e. The molecule has 0 unspecified atom stereocenters. The van der Waals surface area contributed by atoms with Crippen molar-refractivity contribution in [2.45, 2.75) is 13.8 Å². The first-order valence-corrected chi connectivity index (χ1v) is 5.72. The first-order valence-electron chi connectivity index (χ1n) is 5.72. The van der Waals surface area contributed by atoms with E-state index < -0.39 is 0 Å². The number of benzene rings is 1. The molecule has 17 heavy (non-hydrogen) atoms. The van der Waals surface area contributed by atoms with Crippen molar-refractivity contribution in [2.24, 2.45) is 0 Å². The molecule has 0 saturated carbocycles. The minimum absolute atomic E-state index is 0.0375. The van der Waals surface area contributed by atoms with Gasteiger partial charge in [-0.1, -0.05) is 0 Å². The molecule has 1 aliphatic rings. The molecule has 0 bridgehead atoms. The number of ketones is 1. The summed E-state index contributed by atoms with van der Waals surface area (Å²) in [5.74, 6) is 1.31. The predicted molar refractivity (Wildman–Crippen MR) is 65.2 cm³/mol. The molecule has 1 aliphatic heterocycles. The Balaban J connectivity index is 2.54. The molecule has 4 nitrogen and oxygen atoms in total. The molecule has 92 valence electrons. The van der Waals surface area contributed by atoms with E-state index in [0.717, 1.165) is 11.1 Å². The van der Waals surface area contributed by atoms with Crippen LogP contribution in [0.15, 0.2) is 6.07 Å². The maximum absolute atomic E-state index is 12.1. The number of hydrogen-bond acceptors (Lipinski definition) is 4. The third-order valence-corrected chi connectivity index (χ3v) is 2.97. The first kappa shape index (κ1) is 11.9. The molecule has 1 N–H and O–H groups in total. The van der Waals surface area contributed by atoms with Crippen molar-refractivity contribution in [3.8, 4) is 11.5 Å². The van der Waals surface area contributed by atoms with Gasteiger partial charge in [-0.05, 0) is 38.1 Å². The number of nitrogens with one attached hydrogen (secondary N) is 1. The van der Waals surface area contributed by atoms with Gasteiger partial charge in [0.05, 0.1) is 12.1 Å². The van der Waals surface area contributed by atoms with E-state index in [1.165, 1.54) is 0 Å². The average Bonchev–Trinajstić information content (AvgIpc) is 2.31. The van der Waals surface area contributed by atoms with Crippen LogP contribution in [0, 0.1) is 13.8 Å². The number of hydrogen-bond donors (Lipinski definition) is 1. The number of Topliss-reactive ketones (excluding diaryl/α,β-unsaturated/α-hetero) is 1. The number of rotatable bonds is 3. The highest BCUT2D eigenvalue weighted by atomic mass is 16.6. The molecule has 0 saturated heterocycles. The van der Waals surface area contributed by atoms with Crippen LogP contribution in [0.5, 0.6) is 11.5 Å². The highest BCUT2D eigenvalue weighted by Crippen LogP contribution is 2.37. The standard InChI is InChI=1S/C13H17NO3/c1-8-6-11-13(17-5-4-16-11)12(9(8)2)10(15)7-14-3/h6,14H,4-5,7H2,1-3H3. The zero-order valence-electron chi connectivity index (χ0n) is 10.4. The Kier molecular flexibility index (Phi) is 3.33. The molecule has 0 radical (unpaired) electrons. The third-order valence-electron chi connectivity index (χ3n) is 2.97. The number of aryl methyl sites for hydroxylation is 1. The minimum Gasteiger partial charge on any atom is -0.486 e. The van der Waals surface area contributed by atoms with E-state index in [1.807, 2.05) is 19.9 Å². The summed E-state index contributed by atoms with van der Waals surface area (Å²) in [5.41, 5.74) is 2.66. The lowest BCUT2D eigenvalue weighted by molar-refractivity contribution is 0.0981. The fourth-order valence-electron chi connectivity index (χ4n) is 1.99. The van der Waals surface area contributed by atoms with Crippen molar-refractivity contribution in [1.29, 1.82) is 0 Å². The van der Waals surface area contributed by atoms with Crippen LogP contribution >= 0.6 is 0 Å². The first-order chi connectivity index (χ1) is 8.15. The van der Waals surface area contributed by atoms with Crippen molar-refractivity contribution in [1.82, 2.24) is 5.32 Å². The number of carbonyl (C=O) groups is 1. The van der Waals surface area contributed by atoms with Crippen LogP contribution in [0.2, 0.25) is 0 Å². The molecule has 0 aromatic heterocycles. The van der Waals surface area contributed by atoms with Gasteiger partial charge in [-0.15, -0.1) is 0 Å². The van der Waals surface area contributed by atoms with Gasteiger partial charge in [-0.25, -0.2) is 0 Å². The van der Waals surface area contributed by atoms with E-state index in [9.17, 15) is 4.79 Å². The summed E-state index contributed by atoms with van der Waals surface area (Å²) in [4.78, 5) is 12.1. The van der Waals surface area contributed by atoms with E-state index in [1.54, 1.807) is 7.05 Å². The van der Waals surface area contributed by atoms with Crippen LogP contribution < -0.4 is 14.8 Å². The molecular formula is C13H17NO3. The zero-order valence-corrected chi connectivity index (χ0v) is 10.4. The Hall–Kier alpha value is -1.55. The van der Waals surface area contributed by atoms with Crippen LogP contribution in [0.4, 0.5) is 0 Å². The molecular weight excluding hydrogens is 218 g/mol. The summed E-state index contributed by atoms with van der Waals surface area (Å²) in [6.45, 7) is 5.25. The van der Waals surface area contributed by atoms with Crippen LogP contribution in [-0.4, -0.2) is 32.6 Å². The monoisotopic (exact) mass is 235 g/mol. The number of likely N-dealkylation sites (N-methyl/N-ethyl adjacent to an activating group) is 1. The summed E-state index contributed by atoms with van der Waals surface area (Å²) < 4.78 is 11.1. The predicted octanol–water partition coefficient (Wildman–Crippen LogP) is 1.48. The molecule has 0 amide bonds. The summed E-state index contributed by atoms with van der Waals surface area (Å²) in [5, 5.41) is 2.87. The molecule has 1 aromatic carbocycles. The van der Waals surface area contributed by atoms with Crippen LogP contribution in [0.25, 0.3) is 0 Å². The maximum atomic E-state index is 12.1. The molecule has 1 heterocycles. The minimum atomic E-state index is 0.0375. The second kappa shape index (κ2) is 4.75.